The third-order valence-corrected chi connectivity index (χ3v) is 7.28. The number of rotatable bonds is 4. The van der Waals surface area contributed by atoms with Crippen LogP contribution in [0.25, 0.3) is 0 Å². The third-order valence-electron chi connectivity index (χ3n) is 7.28. The number of aryl methyl sites for hydroxylation is 1. The molecule has 3 N–H and O–H groups in total. The molecule has 190 valence electrons. The summed E-state index contributed by atoms with van der Waals surface area (Å²) in [7, 11) is 0. The molecule has 2 aromatic rings. The number of nitriles is 1. The molecule has 10 heteroatoms. The Labute approximate surface area is 207 Å². The van der Waals surface area contributed by atoms with Crippen LogP contribution in [0.5, 0.6) is 0 Å². The van der Waals surface area contributed by atoms with Crippen molar-refractivity contribution in [1.82, 2.24) is 10.2 Å². The maximum absolute atomic E-state index is 13.4. The molecule has 0 aliphatic carbocycles. The first-order valence-corrected chi connectivity index (χ1v) is 11.8. The van der Waals surface area contributed by atoms with E-state index in [0.717, 1.165) is 17.2 Å². The second-order valence-corrected chi connectivity index (χ2v) is 9.72. The van der Waals surface area contributed by atoms with Crippen molar-refractivity contribution in [1.29, 1.82) is 5.26 Å². The van der Waals surface area contributed by atoms with E-state index in [-0.39, 0.29) is 11.4 Å². The molecule has 7 nitrogen and oxygen atoms in total. The van der Waals surface area contributed by atoms with Gasteiger partial charge in [-0.3, -0.25) is 4.79 Å². The van der Waals surface area contributed by atoms with E-state index in [1.165, 1.54) is 17.0 Å². The van der Waals surface area contributed by atoms with E-state index in [1.807, 2.05) is 36.1 Å². The number of hydrogen-bond donors (Lipinski definition) is 2. The lowest BCUT2D eigenvalue weighted by molar-refractivity contribution is -0.137. The first kappa shape index (κ1) is 25.4. The molecule has 2 fully saturated rings. The zero-order valence-corrected chi connectivity index (χ0v) is 19.9. The fourth-order valence-corrected chi connectivity index (χ4v) is 5.17. The lowest BCUT2D eigenvalue weighted by atomic mass is 9.76. The van der Waals surface area contributed by atoms with E-state index < -0.39 is 29.3 Å². The van der Waals surface area contributed by atoms with Crippen LogP contribution in [0.2, 0.25) is 0 Å². The van der Waals surface area contributed by atoms with Gasteiger partial charge in [-0.2, -0.15) is 18.4 Å². The number of carbonyl (C=O) groups is 2. The SMILES string of the molecule is Cc1ccc(CNC(=O)N2CC3(CCN(c4ccc(C#N)c(C(F)(F)F)c4)CC3)CC2C(N)=O)cc1. The second kappa shape index (κ2) is 9.72. The number of benzene rings is 2. The summed E-state index contributed by atoms with van der Waals surface area (Å²) in [6, 6.07) is 12.0. The molecule has 2 aromatic carbocycles. The largest absolute Gasteiger partial charge is 0.417 e. The Morgan fingerprint density at radius 3 is 2.42 bits per heavy atom. The molecule has 4 rings (SSSR count). The summed E-state index contributed by atoms with van der Waals surface area (Å²) in [6.45, 7) is 3.59. The highest BCUT2D eigenvalue weighted by Crippen LogP contribution is 2.44. The van der Waals surface area contributed by atoms with E-state index in [2.05, 4.69) is 5.32 Å². The second-order valence-electron chi connectivity index (χ2n) is 9.72. The number of nitrogens with zero attached hydrogens (tertiary/aromatic N) is 3. The van der Waals surface area contributed by atoms with Gasteiger partial charge in [-0.1, -0.05) is 29.8 Å². The number of amides is 3. The summed E-state index contributed by atoms with van der Waals surface area (Å²) in [4.78, 5) is 28.5. The molecule has 2 aliphatic rings. The lowest BCUT2D eigenvalue weighted by Crippen LogP contribution is -2.48. The van der Waals surface area contributed by atoms with Gasteiger partial charge in [0.1, 0.15) is 6.04 Å². The molecule has 3 amide bonds. The standard InChI is InChI=1S/C26H28F3N5O2/c1-17-2-4-18(5-3-17)15-32-24(36)34-16-25(13-22(34)23(31)35)8-10-33(11-9-25)20-7-6-19(14-30)21(12-20)26(27,28)29/h2-7,12,22H,8-11,13,15-16H2,1H3,(H2,31,35)(H,32,36). The van der Waals surface area contributed by atoms with Crippen molar-refractivity contribution in [2.45, 2.75) is 44.9 Å². The number of hydrogen-bond acceptors (Lipinski definition) is 4. The van der Waals surface area contributed by atoms with Crippen molar-refractivity contribution in [3.63, 3.8) is 0 Å². The number of carbonyl (C=O) groups excluding carboxylic acids is 2. The molecule has 2 aliphatic heterocycles. The van der Waals surface area contributed by atoms with Crippen LogP contribution in [0, 0.1) is 23.7 Å². The summed E-state index contributed by atoms with van der Waals surface area (Å²) in [5, 5.41) is 11.9. The normalized spacial score (nSPS) is 19.2. The topological polar surface area (TPSA) is 102 Å². The summed E-state index contributed by atoms with van der Waals surface area (Å²) < 4.78 is 40.2. The number of nitrogens with two attached hydrogens (primary N) is 1. The molecule has 2 saturated heterocycles. The van der Waals surface area contributed by atoms with Crippen molar-refractivity contribution in [3.05, 3.63) is 64.7 Å². The molecule has 2 heterocycles. The van der Waals surface area contributed by atoms with Crippen LogP contribution in [0.4, 0.5) is 23.7 Å². The number of likely N-dealkylation sites (tertiary alicyclic amines) is 1. The average molecular weight is 500 g/mol. The average Bonchev–Trinajstić information content (AvgIpc) is 3.22. The third kappa shape index (κ3) is 5.25. The van der Waals surface area contributed by atoms with Crippen molar-refractivity contribution in [2.75, 3.05) is 24.5 Å². The van der Waals surface area contributed by atoms with Gasteiger partial charge < -0.3 is 20.9 Å². The highest BCUT2D eigenvalue weighted by Gasteiger charge is 2.49. The highest BCUT2D eigenvalue weighted by molar-refractivity contribution is 5.86. The van der Waals surface area contributed by atoms with Crippen molar-refractivity contribution in [3.8, 4) is 6.07 Å². The predicted molar refractivity (Wildman–Crippen MR) is 128 cm³/mol. The number of anilines is 1. The van der Waals surface area contributed by atoms with Gasteiger partial charge in [0.25, 0.3) is 0 Å². The van der Waals surface area contributed by atoms with Crippen molar-refractivity contribution >= 4 is 17.6 Å². The van der Waals surface area contributed by atoms with Gasteiger partial charge in [0.2, 0.25) is 5.91 Å². The molecule has 0 saturated carbocycles. The Kier molecular flexibility index (Phi) is 6.85. The molecular weight excluding hydrogens is 471 g/mol. The van der Waals surface area contributed by atoms with E-state index in [9.17, 15) is 22.8 Å². The van der Waals surface area contributed by atoms with Gasteiger partial charge in [0.05, 0.1) is 17.2 Å². The molecule has 0 bridgehead atoms. The lowest BCUT2D eigenvalue weighted by Gasteiger charge is -2.40. The van der Waals surface area contributed by atoms with Crippen LogP contribution in [-0.2, 0) is 17.5 Å². The van der Waals surface area contributed by atoms with Crippen LogP contribution in [0.1, 0.15) is 41.5 Å². The Balaban J connectivity index is 1.43. The monoisotopic (exact) mass is 499 g/mol. The van der Waals surface area contributed by atoms with Crippen LogP contribution in [-0.4, -0.2) is 42.5 Å². The number of alkyl halides is 3. The molecular formula is C26H28F3N5O2. The maximum Gasteiger partial charge on any atom is 0.417 e. The molecule has 0 aromatic heterocycles. The van der Waals surface area contributed by atoms with Crippen molar-refractivity contribution in [2.24, 2.45) is 11.1 Å². The van der Waals surface area contributed by atoms with Crippen LogP contribution < -0.4 is 16.0 Å². The summed E-state index contributed by atoms with van der Waals surface area (Å²) in [5.41, 5.74) is 6.39. The van der Waals surface area contributed by atoms with E-state index in [4.69, 9.17) is 11.0 Å². The smallest absolute Gasteiger partial charge is 0.371 e. The Bertz CT molecular complexity index is 1180. The van der Waals surface area contributed by atoms with Gasteiger partial charge in [0, 0.05) is 31.9 Å². The zero-order chi connectivity index (χ0) is 26.1. The molecule has 0 radical (unpaired) electrons. The molecule has 1 atom stereocenters. The Morgan fingerprint density at radius 2 is 1.83 bits per heavy atom. The minimum Gasteiger partial charge on any atom is -0.371 e. The minimum absolute atomic E-state index is 0.322. The van der Waals surface area contributed by atoms with Crippen LogP contribution >= 0.6 is 0 Å². The number of urea groups is 1. The number of piperidine rings is 1. The predicted octanol–water partition coefficient (Wildman–Crippen LogP) is 3.94. The number of halogens is 3. The quantitative estimate of drug-likeness (QED) is 0.665. The summed E-state index contributed by atoms with van der Waals surface area (Å²) in [5.74, 6) is -0.568. The van der Waals surface area contributed by atoms with Gasteiger partial charge in [-0.25, -0.2) is 4.79 Å². The fraction of sp³-hybridized carbons (Fsp3) is 0.423. The number of nitrogens with one attached hydrogen (secondary N) is 1. The van der Waals surface area contributed by atoms with Crippen LogP contribution in [0.3, 0.4) is 0 Å². The van der Waals surface area contributed by atoms with E-state index in [1.54, 1.807) is 6.07 Å². The van der Waals surface area contributed by atoms with Gasteiger partial charge in [0.15, 0.2) is 0 Å². The van der Waals surface area contributed by atoms with Crippen molar-refractivity contribution < 1.29 is 22.8 Å². The first-order chi connectivity index (χ1) is 17.0. The molecule has 36 heavy (non-hydrogen) atoms. The Hall–Kier alpha value is -3.74. The maximum atomic E-state index is 13.4. The highest BCUT2D eigenvalue weighted by atomic mass is 19.4. The first-order valence-electron chi connectivity index (χ1n) is 11.8. The fourth-order valence-electron chi connectivity index (χ4n) is 5.17. The summed E-state index contributed by atoms with van der Waals surface area (Å²) in [6.07, 6.45) is -3.00. The van der Waals surface area contributed by atoms with E-state index >= 15 is 0 Å². The zero-order valence-electron chi connectivity index (χ0n) is 19.9. The van der Waals surface area contributed by atoms with Gasteiger partial charge in [-0.15, -0.1) is 0 Å². The van der Waals surface area contributed by atoms with Gasteiger partial charge in [-0.05, 0) is 55.4 Å². The van der Waals surface area contributed by atoms with Crippen LogP contribution in [0.15, 0.2) is 42.5 Å². The summed E-state index contributed by atoms with van der Waals surface area (Å²) >= 11 is 0. The van der Waals surface area contributed by atoms with Gasteiger partial charge >= 0.3 is 12.2 Å². The molecule has 1 spiro atoms. The number of primary amides is 1. The minimum atomic E-state index is -4.62. The van der Waals surface area contributed by atoms with E-state index in [0.29, 0.717) is 51.1 Å². The Morgan fingerprint density at radius 1 is 1.17 bits per heavy atom. The molecule has 1 unspecified atom stereocenters.